The smallest absolute Gasteiger partial charge is 0.261 e. The second-order valence-corrected chi connectivity index (χ2v) is 11.7. The summed E-state index contributed by atoms with van der Waals surface area (Å²) in [7, 11) is -5.42. The van der Waals surface area contributed by atoms with E-state index in [1.54, 1.807) is 42.5 Å². The minimum Gasteiger partial charge on any atom is -0.507 e. The molecule has 0 atom stereocenters. The van der Waals surface area contributed by atoms with Gasteiger partial charge in [0.25, 0.3) is 20.2 Å². The van der Waals surface area contributed by atoms with Crippen molar-refractivity contribution in [1.29, 1.82) is 0 Å². The van der Waals surface area contributed by atoms with Gasteiger partial charge in [-0.1, -0.05) is 67.3 Å². The van der Waals surface area contributed by atoms with Crippen molar-refractivity contribution < 1.29 is 40.6 Å². The van der Waals surface area contributed by atoms with Gasteiger partial charge in [-0.2, -0.15) is 16.8 Å². The van der Waals surface area contributed by atoms with Crippen molar-refractivity contribution >= 4 is 43.2 Å². The third-order valence-electron chi connectivity index (χ3n) is 5.04. The summed E-state index contributed by atoms with van der Waals surface area (Å²) in [5.41, 5.74) is 3.33. The zero-order valence-corrected chi connectivity index (χ0v) is 25.6. The first-order valence-electron chi connectivity index (χ1n) is 12.3. The molecule has 3 aromatic carbocycles. The number of hydrogen-bond donors (Lipinski definition) is 5. The fraction of sp³-hybridized carbons (Fsp3) is 0.133. The minimum absolute atomic E-state index is 0.0446. The van der Waals surface area contributed by atoms with Crippen LogP contribution >= 0.6 is 0 Å². The first-order valence-corrected chi connectivity index (χ1v) is 16.0. The van der Waals surface area contributed by atoms with Gasteiger partial charge in [-0.05, 0) is 37.3 Å². The Kier molecular flexibility index (Phi) is 14.2. The van der Waals surface area contributed by atoms with Crippen LogP contribution in [0.25, 0.3) is 0 Å². The van der Waals surface area contributed by atoms with Crippen LogP contribution in [0.2, 0.25) is 0 Å². The summed E-state index contributed by atoms with van der Waals surface area (Å²) in [6.45, 7) is 5.45. The summed E-state index contributed by atoms with van der Waals surface area (Å²) >= 11 is 0. The number of hydrogen-bond acceptors (Lipinski definition) is 9. The molecule has 5 N–H and O–H groups in total. The molecule has 0 heterocycles. The summed E-state index contributed by atoms with van der Waals surface area (Å²) in [6, 6.07) is 19.7. The van der Waals surface area contributed by atoms with Gasteiger partial charge in [0.05, 0.1) is 29.3 Å². The van der Waals surface area contributed by atoms with E-state index < -0.39 is 20.2 Å². The second kappa shape index (κ2) is 16.8. The molecule has 0 unspecified atom stereocenters. The van der Waals surface area contributed by atoms with Crippen LogP contribution in [0.1, 0.15) is 38.8 Å². The highest BCUT2D eigenvalue weighted by Gasteiger charge is 2.33. The number of para-hydroxylation sites is 1. The van der Waals surface area contributed by atoms with Crippen molar-refractivity contribution in [2.75, 3.05) is 30.2 Å². The van der Waals surface area contributed by atoms with Crippen LogP contribution in [-0.2, 0) is 20.2 Å². The Bertz CT molecular complexity index is 1670. The van der Waals surface area contributed by atoms with Gasteiger partial charge in [0.1, 0.15) is 5.75 Å². The van der Waals surface area contributed by atoms with E-state index in [1.165, 1.54) is 6.07 Å². The maximum atomic E-state index is 12.9. The van der Waals surface area contributed by atoms with Crippen LogP contribution in [0.3, 0.4) is 0 Å². The van der Waals surface area contributed by atoms with Gasteiger partial charge in [-0.25, -0.2) is 0 Å². The molecule has 0 fully saturated rings. The van der Waals surface area contributed by atoms with E-state index in [9.17, 15) is 31.5 Å². The molecule has 0 aromatic heterocycles. The van der Waals surface area contributed by atoms with Gasteiger partial charge in [0, 0.05) is 29.6 Å². The zero-order chi connectivity index (χ0) is 32.8. The lowest BCUT2D eigenvalue weighted by molar-refractivity contribution is 0.0977. The van der Waals surface area contributed by atoms with Crippen LogP contribution in [0.5, 0.6) is 5.75 Å². The van der Waals surface area contributed by atoms with Gasteiger partial charge >= 0.3 is 0 Å². The maximum Gasteiger partial charge on any atom is 0.261 e. The molecule has 11 nitrogen and oxygen atoms in total. The molecule has 230 valence electrons. The monoisotopic (exact) mass is 630 g/mol. The van der Waals surface area contributed by atoms with E-state index in [4.69, 9.17) is 9.11 Å². The molecular formula is C30H34N2O9S2. The predicted octanol–water partition coefficient (Wildman–Crippen LogP) is 4.96. The molecular weight excluding hydrogens is 596 g/mol. The molecule has 0 spiro atoms. The fourth-order valence-electron chi connectivity index (χ4n) is 3.45. The Morgan fingerprint density at radius 3 is 1.67 bits per heavy atom. The third kappa shape index (κ3) is 13.8. The van der Waals surface area contributed by atoms with Crippen LogP contribution in [0.4, 0.5) is 11.4 Å². The topological polar surface area (TPSA) is 187 Å². The summed E-state index contributed by atoms with van der Waals surface area (Å²) < 4.78 is 51.7. The van der Waals surface area contributed by atoms with Crippen LogP contribution in [-0.4, -0.2) is 62.2 Å². The van der Waals surface area contributed by atoms with E-state index in [2.05, 4.69) is 17.2 Å². The molecule has 0 aliphatic heterocycles. The predicted molar refractivity (Wildman–Crippen MR) is 169 cm³/mol. The molecule has 1 aliphatic carbocycles. The highest BCUT2D eigenvalue weighted by Crippen LogP contribution is 2.37. The zero-order valence-electron chi connectivity index (χ0n) is 24.0. The van der Waals surface area contributed by atoms with Crippen molar-refractivity contribution in [3.8, 4) is 5.75 Å². The van der Waals surface area contributed by atoms with Crippen molar-refractivity contribution in [3.63, 3.8) is 0 Å². The van der Waals surface area contributed by atoms with Crippen molar-refractivity contribution in [1.82, 2.24) is 0 Å². The van der Waals surface area contributed by atoms with Gasteiger partial charge in [-0.3, -0.25) is 18.7 Å². The summed E-state index contributed by atoms with van der Waals surface area (Å²) in [5.74, 6) is -0.820. The largest absolute Gasteiger partial charge is 0.507 e. The molecule has 0 bridgehead atoms. The lowest BCUT2D eigenvalue weighted by Gasteiger charge is -2.21. The van der Waals surface area contributed by atoms with E-state index in [1.807, 2.05) is 56.5 Å². The van der Waals surface area contributed by atoms with E-state index in [0.29, 0.717) is 29.3 Å². The van der Waals surface area contributed by atoms with E-state index >= 15 is 0 Å². The molecule has 0 saturated heterocycles. The third-order valence-corrected chi connectivity index (χ3v) is 5.04. The highest BCUT2D eigenvalue weighted by atomic mass is 32.2. The van der Waals surface area contributed by atoms with Gasteiger partial charge in [0.2, 0.25) is 0 Å². The van der Waals surface area contributed by atoms with Crippen molar-refractivity contribution in [2.24, 2.45) is 0 Å². The minimum atomic E-state index is -3.67. The van der Waals surface area contributed by atoms with Gasteiger partial charge in [-0.15, -0.1) is 0 Å². The number of allylic oxidation sites excluding steroid dienone is 5. The second-order valence-electron chi connectivity index (χ2n) is 8.76. The Balaban J connectivity index is 0.000000417. The maximum absolute atomic E-state index is 12.9. The SMILES string of the molecule is C=C/C=C\C=C(/C)Nc1ccc(O)c2c1C(=O)c1ccccc1C2=O.CNc1ccccc1.CS(=O)(=O)O.CS(=O)(=O)O. The fourth-order valence-corrected chi connectivity index (χ4v) is 3.45. The number of nitrogens with one attached hydrogen (secondary N) is 2. The quantitative estimate of drug-likeness (QED) is 0.114. The van der Waals surface area contributed by atoms with Crippen LogP contribution < -0.4 is 10.6 Å². The Morgan fingerprint density at radius 2 is 1.23 bits per heavy atom. The normalized spacial score (nSPS) is 12.2. The number of carbonyl (C=O) groups excluding carboxylic acids is 2. The molecule has 13 heteroatoms. The molecule has 0 amide bonds. The lowest BCUT2D eigenvalue weighted by atomic mass is 9.82. The van der Waals surface area contributed by atoms with Gasteiger partial charge < -0.3 is 15.7 Å². The summed E-state index contributed by atoms with van der Waals surface area (Å²) in [6.07, 6.45) is 8.50. The first-order chi connectivity index (χ1) is 20.0. The number of carbonyl (C=O) groups is 2. The number of benzene rings is 3. The first kappa shape index (κ1) is 36.5. The van der Waals surface area contributed by atoms with Gasteiger partial charge in [0.15, 0.2) is 11.6 Å². The number of aromatic hydroxyl groups is 1. The lowest BCUT2D eigenvalue weighted by Crippen LogP contribution is -2.22. The average Bonchev–Trinajstić information content (AvgIpc) is 2.92. The van der Waals surface area contributed by atoms with E-state index in [-0.39, 0.29) is 28.4 Å². The summed E-state index contributed by atoms with van der Waals surface area (Å²) in [5, 5.41) is 16.3. The molecule has 43 heavy (non-hydrogen) atoms. The molecule has 0 radical (unpaired) electrons. The molecule has 0 saturated carbocycles. The number of phenols is 1. The number of rotatable bonds is 5. The number of ketones is 2. The molecule has 1 aliphatic rings. The summed E-state index contributed by atoms with van der Waals surface area (Å²) in [4.78, 5) is 25.7. The van der Waals surface area contributed by atoms with E-state index in [0.717, 1.165) is 11.4 Å². The Labute approximate surface area is 251 Å². The Hall–Kier alpha value is -4.56. The van der Waals surface area contributed by atoms with Crippen molar-refractivity contribution in [3.05, 3.63) is 126 Å². The highest BCUT2D eigenvalue weighted by molar-refractivity contribution is 7.85. The van der Waals surface area contributed by atoms with Crippen molar-refractivity contribution in [2.45, 2.75) is 6.92 Å². The van der Waals surface area contributed by atoms with Crippen LogP contribution in [0, 0.1) is 0 Å². The average molecular weight is 631 g/mol. The molecule has 4 rings (SSSR count). The number of phenolic OH excluding ortho intramolecular Hbond substituents is 1. The Morgan fingerprint density at radius 1 is 0.767 bits per heavy atom. The molecule has 3 aromatic rings. The number of anilines is 2. The van der Waals surface area contributed by atoms with Crippen LogP contribution in [0.15, 0.2) is 103 Å². The standard InChI is InChI=1S/C21H17NO3.C7H9N.2CH4O3S/c1-3-4-5-8-13(2)22-16-11-12-17(23)19-18(16)20(24)14-9-6-7-10-15(14)21(19)25;1-8-7-5-3-2-4-6-7;2*1-5(2,3)4/h3-12,22-23H,1H2,2H3;2-6,8H,1H3;2*1H3,(H,2,3,4)/b5-4-,13-8+;;;. The number of fused-ring (bicyclic) bond motifs is 2.